The van der Waals surface area contributed by atoms with E-state index < -0.39 is 0 Å². The quantitative estimate of drug-likeness (QED) is 0.825. The van der Waals surface area contributed by atoms with Crippen LogP contribution in [0.4, 0.5) is 0 Å². The molecule has 0 radical (unpaired) electrons. The lowest BCUT2D eigenvalue weighted by Gasteiger charge is -2.22. The van der Waals surface area contributed by atoms with E-state index in [0.29, 0.717) is 31.0 Å². The van der Waals surface area contributed by atoms with E-state index in [-0.39, 0.29) is 17.4 Å². The molecular weight excluding hydrogens is 320 g/mol. The number of nitrogens with zero attached hydrogens (tertiary/aromatic N) is 4. The number of carbonyl (C=O) groups excluding carboxylic acids is 1. The topological polar surface area (TPSA) is 85.3 Å². The first-order valence-corrected chi connectivity index (χ1v) is 8.90. The van der Waals surface area contributed by atoms with Crippen molar-refractivity contribution in [2.75, 3.05) is 6.54 Å². The molecule has 7 nitrogen and oxygen atoms in total. The van der Waals surface area contributed by atoms with Gasteiger partial charge in [0, 0.05) is 30.9 Å². The van der Waals surface area contributed by atoms with Gasteiger partial charge in [-0.2, -0.15) is 4.98 Å². The fourth-order valence-electron chi connectivity index (χ4n) is 3.11. The van der Waals surface area contributed by atoms with Crippen LogP contribution in [-0.4, -0.2) is 32.6 Å². The van der Waals surface area contributed by atoms with Gasteiger partial charge in [-0.15, -0.1) is 0 Å². The standard InChI is InChI=1S/C18H26N4O3/c1-12-11-13(20-24-12)14-7-6-10-22(14)16(23)9-5-8-15-19-17(21-25-15)18(2,3)4/h11,14H,5-10H2,1-4H3. The van der Waals surface area contributed by atoms with Gasteiger partial charge >= 0.3 is 0 Å². The van der Waals surface area contributed by atoms with Gasteiger partial charge in [-0.25, -0.2) is 0 Å². The van der Waals surface area contributed by atoms with E-state index in [1.807, 2.05) is 38.7 Å². The Labute approximate surface area is 147 Å². The zero-order valence-corrected chi connectivity index (χ0v) is 15.4. The van der Waals surface area contributed by atoms with Gasteiger partial charge in [0.1, 0.15) is 11.5 Å². The number of amides is 1. The summed E-state index contributed by atoms with van der Waals surface area (Å²) in [6, 6.07) is 1.96. The lowest BCUT2D eigenvalue weighted by molar-refractivity contribution is -0.132. The molecule has 7 heteroatoms. The number of aryl methyl sites for hydroxylation is 2. The minimum Gasteiger partial charge on any atom is -0.361 e. The van der Waals surface area contributed by atoms with Crippen molar-refractivity contribution in [1.29, 1.82) is 0 Å². The first kappa shape index (κ1) is 17.6. The molecule has 0 aromatic carbocycles. The molecule has 136 valence electrons. The van der Waals surface area contributed by atoms with Crippen molar-refractivity contribution in [2.45, 2.75) is 71.3 Å². The van der Waals surface area contributed by atoms with E-state index in [2.05, 4.69) is 15.3 Å². The van der Waals surface area contributed by atoms with Gasteiger partial charge < -0.3 is 13.9 Å². The Balaban J connectivity index is 1.53. The van der Waals surface area contributed by atoms with Crippen LogP contribution in [0.25, 0.3) is 0 Å². The average Bonchev–Trinajstić information content (AvgIpc) is 3.25. The highest BCUT2D eigenvalue weighted by Gasteiger charge is 2.31. The summed E-state index contributed by atoms with van der Waals surface area (Å²) in [4.78, 5) is 18.9. The number of hydrogen-bond donors (Lipinski definition) is 0. The summed E-state index contributed by atoms with van der Waals surface area (Å²) in [5.41, 5.74) is 0.728. The minimum absolute atomic E-state index is 0.0425. The fraction of sp³-hybridized carbons (Fsp3) is 0.667. The monoisotopic (exact) mass is 346 g/mol. The molecule has 0 bridgehead atoms. The molecule has 2 aromatic rings. The molecule has 1 fully saturated rings. The van der Waals surface area contributed by atoms with Gasteiger partial charge in [-0.3, -0.25) is 4.79 Å². The Hall–Kier alpha value is -2.18. The summed E-state index contributed by atoms with van der Waals surface area (Å²) < 4.78 is 10.4. The molecular formula is C18H26N4O3. The second-order valence-electron chi connectivity index (χ2n) is 7.72. The third kappa shape index (κ3) is 4.08. The smallest absolute Gasteiger partial charge is 0.226 e. The van der Waals surface area contributed by atoms with E-state index in [4.69, 9.17) is 9.05 Å². The molecule has 3 heterocycles. The highest BCUT2D eigenvalue weighted by atomic mass is 16.5. The summed E-state index contributed by atoms with van der Waals surface area (Å²) in [6.07, 6.45) is 3.74. The summed E-state index contributed by atoms with van der Waals surface area (Å²) >= 11 is 0. The largest absolute Gasteiger partial charge is 0.361 e. The summed E-state index contributed by atoms with van der Waals surface area (Å²) in [5.74, 6) is 2.23. The summed E-state index contributed by atoms with van der Waals surface area (Å²) in [7, 11) is 0. The molecule has 1 amide bonds. The molecule has 2 aromatic heterocycles. The fourth-order valence-corrected chi connectivity index (χ4v) is 3.11. The summed E-state index contributed by atoms with van der Waals surface area (Å²) in [5, 5.41) is 8.10. The Morgan fingerprint density at radius 3 is 2.76 bits per heavy atom. The van der Waals surface area contributed by atoms with Gasteiger partial charge in [0.15, 0.2) is 5.82 Å². The number of rotatable bonds is 5. The lowest BCUT2D eigenvalue weighted by Crippen LogP contribution is -2.30. The van der Waals surface area contributed by atoms with Crippen molar-refractivity contribution in [3.05, 3.63) is 29.2 Å². The maximum absolute atomic E-state index is 12.6. The van der Waals surface area contributed by atoms with Gasteiger partial charge in [-0.05, 0) is 26.2 Å². The molecule has 0 N–H and O–H groups in total. The van der Waals surface area contributed by atoms with Crippen molar-refractivity contribution in [3.8, 4) is 0 Å². The van der Waals surface area contributed by atoms with Gasteiger partial charge in [-0.1, -0.05) is 31.1 Å². The molecule has 0 aliphatic carbocycles. The zero-order valence-electron chi connectivity index (χ0n) is 15.4. The summed E-state index contributed by atoms with van der Waals surface area (Å²) in [6.45, 7) is 8.79. The van der Waals surface area contributed by atoms with Crippen LogP contribution in [0.2, 0.25) is 0 Å². The van der Waals surface area contributed by atoms with Crippen molar-refractivity contribution in [2.24, 2.45) is 0 Å². The lowest BCUT2D eigenvalue weighted by atomic mass is 9.96. The Morgan fingerprint density at radius 1 is 1.32 bits per heavy atom. The van der Waals surface area contributed by atoms with Crippen molar-refractivity contribution in [1.82, 2.24) is 20.2 Å². The number of likely N-dealkylation sites (tertiary alicyclic amines) is 1. The highest BCUT2D eigenvalue weighted by Crippen LogP contribution is 2.32. The second-order valence-corrected chi connectivity index (χ2v) is 7.72. The Kier molecular flexibility index (Phi) is 4.92. The zero-order chi connectivity index (χ0) is 18.0. The van der Waals surface area contributed by atoms with Crippen molar-refractivity contribution < 1.29 is 13.8 Å². The van der Waals surface area contributed by atoms with Gasteiger partial charge in [0.05, 0.1) is 6.04 Å². The van der Waals surface area contributed by atoms with Crippen LogP contribution in [0.3, 0.4) is 0 Å². The van der Waals surface area contributed by atoms with Crippen LogP contribution in [-0.2, 0) is 16.6 Å². The molecule has 1 aliphatic rings. The normalized spacial score (nSPS) is 18.1. The molecule has 1 saturated heterocycles. The maximum atomic E-state index is 12.6. The third-order valence-corrected chi connectivity index (χ3v) is 4.48. The molecule has 1 atom stereocenters. The van der Waals surface area contributed by atoms with E-state index in [9.17, 15) is 4.79 Å². The SMILES string of the molecule is Cc1cc(C2CCCN2C(=O)CCCc2nc(C(C)(C)C)no2)no1. The maximum Gasteiger partial charge on any atom is 0.226 e. The Bertz CT molecular complexity index is 729. The van der Waals surface area contributed by atoms with Crippen molar-refractivity contribution >= 4 is 5.91 Å². The Morgan fingerprint density at radius 2 is 2.12 bits per heavy atom. The predicted molar refractivity (Wildman–Crippen MR) is 90.9 cm³/mol. The van der Waals surface area contributed by atoms with Gasteiger partial charge in [0.2, 0.25) is 11.8 Å². The molecule has 0 saturated carbocycles. The third-order valence-electron chi connectivity index (χ3n) is 4.48. The molecule has 1 aliphatic heterocycles. The van der Waals surface area contributed by atoms with Crippen LogP contribution in [0, 0.1) is 6.92 Å². The van der Waals surface area contributed by atoms with Crippen molar-refractivity contribution in [3.63, 3.8) is 0 Å². The first-order valence-electron chi connectivity index (χ1n) is 8.90. The van der Waals surface area contributed by atoms with E-state index in [0.717, 1.165) is 30.8 Å². The molecule has 0 spiro atoms. The van der Waals surface area contributed by atoms with E-state index in [1.54, 1.807) is 0 Å². The average molecular weight is 346 g/mol. The predicted octanol–water partition coefficient (Wildman–Crippen LogP) is 3.35. The molecule has 3 rings (SSSR count). The van der Waals surface area contributed by atoms with Crippen LogP contribution in [0.5, 0.6) is 0 Å². The number of aromatic nitrogens is 3. The molecule has 1 unspecified atom stereocenters. The first-order chi connectivity index (χ1) is 11.8. The minimum atomic E-state index is -0.129. The van der Waals surface area contributed by atoms with Gasteiger partial charge in [0.25, 0.3) is 0 Å². The highest BCUT2D eigenvalue weighted by molar-refractivity contribution is 5.77. The van der Waals surface area contributed by atoms with E-state index >= 15 is 0 Å². The van der Waals surface area contributed by atoms with E-state index in [1.165, 1.54) is 0 Å². The number of hydrogen-bond acceptors (Lipinski definition) is 6. The second kappa shape index (κ2) is 6.98. The number of carbonyl (C=O) groups is 1. The van der Waals surface area contributed by atoms with Crippen LogP contribution in [0.1, 0.15) is 75.7 Å². The molecule has 25 heavy (non-hydrogen) atoms. The van der Waals surface area contributed by atoms with Crippen LogP contribution in [0.15, 0.2) is 15.1 Å². The van der Waals surface area contributed by atoms with Crippen LogP contribution < -0.4 is 0 Å². The van der Waals surface area contributed by atoms with Crippen LogP contribution >= 0.6 is 0 Å².